The summed E-state index contributed by atoms with van der Waals surface area (Å²) in [6.45, 7) is 6.13. The summed E-state index contributed by atoms with van der Waals surface area (Å²) in [5.74, 6) is 6.07. The van der Waals surface area contributed by atoms with E-state index in [1.165, 1.54) is 11.1 Å². The number of benzene rings is 2. The number of aryl methyl sites for hydroxylation is 2. The minimum Gasteiger partial charge on any atom is -0.399 e. The van der Waals surface area contributed by atoms with Gasteiger partial charge in [0.15, 0.2) is 0 Å². The molecule has 2 heteroatoms. The molecule has 0 saturated heterocycles. The molecule has 0 bridgehead atoms. The molecule has 0 saturated carbocycles. The normalized spacial score (nSPS) is 11.3. The molecule has 110 valence electrons. The predicted molar refractivity (Wildman–Crippen MR) is 95.6 cm³/mol. The number of aliphatic imine (C=N–C) groups is 1. The van der Waals surface area contributed by atoms with E-state index in [-0.39, 0.29) is 0 Å². The lowest BCUT2D eigenvalue weighted by Gasteiger charge is -2.01. The molecule has 0 fully saturated rings. The Morgan fingerprint density at radius 1 is 1.09 bits per heavy atom. The summed E-state index contributed by atoms with van der Waals surface area (Å²) >= 11 is 0. The number of nitrogens with two attached hydrogens (primary N) is 1. The van der Waals surface area contributed by atoms with E-state index in [9.17, 15) is 0 Å². The molecule has 0 radical (unpaired) electrons. The van der Waals surface area contributed by atoms with Gasteiger partial charge in [0, 0.05) is 17.0 Å². The molecule has 2 aromatic rings. The fourth-order valence-electron chi connectivity index (χ4n) is 2.01. The summed E-state index contributed by atoms with van der Waals surface area (Å²) in [6, 6.07) is 13.8. The minimum absolute atomic E-state index is 0.748. The third kappa shape index (κ3) is 4.64. The van der Waals surface area contributed by atoms with Crippen molar-refractivity contribution in [1.29, 1.82) is 0 Å². The van der Waals surface area contributed by atoms with Crippen molar-refractivity contribution in [3.8, 4) is 11.8 Å². The third-order valence-electron chi connectivity index (χ3n) is 3.18. The van der Waals surface area contributed by atoms with Crippen LogP contribution in [0.2, 0.25) is 0 Å². The quantitative estimate of drug-likeness (QED) is 0.490. The molecular weight excluding hydrogens is 268 g/mol. The first-order valence-electron chi connectivity index (χ1n) is 7.21. The van der Waals surface area contributed by atoms with Gasteiger partial charge in [-0.25, -0.2) is 0 Å². The van der Waals surface area contributed by atoms with Gasteiger partial charge in [0.25, 0.3) is 0 Å². The maximum atomic E-state index is 5.64. The van der Waals surface area contributed by atoms with Crippen molar-refractivity contribution in [2.75, 3.05) is 5.73 Å². The van der Waals surface area contributed by atoms with E-state index in [1.54, 1.807) is 0 Å². The highest BCUT2D eigenvalue weighted by Gasteiger charge is 1.96. The van der Waals surface area contributed by atoms with E-state index < -0.39 is 0 Å². The van der Waals surface area contributed by atoms with Crippen LogP contribution >= 0.6 is 0 Å². The second-order valence-electron chi connectivity index (χ2n) is 5.27. The molecule has 0 unspecified atom stereocenters. The molecule has 2 aromatic carbocycles. The van der Waals surface area contributed by atoms with Crippen molar-refractivity contribution >= 4 is 17.1 Å². The highest BCUT2D eigenvalue weighted by Crippen LogP contribution is 2.19. The van der Waals surface area contributed by atoms with Crippen LogP contribution in [-0.2, 0) is 0 Å². The maximum Gasteiger partial charge on any atom is 0.0662 e. The molecule has 0 atom stereocenters. The summed E-state index contributed by atoms with van der Waals surface area (Å²) in [7, 11) is 0. The lowest BCUT2D eigenvalue weighted by atomic mass is 10.1. The summed E-state index contributed by atoms with van der Waals surface area (Å²) in [5.41, 5.74) is 11.7. The fraction of sp³-hybridized carbons (Fsp3) is 0.150. The largest absolute Gasteiger partial charge is 0.399 e. The second-order valence-corrected chi connectivity index (χ2v) is 5.27. The van der Waals surface area contributed by atoms with Gasteiger partial charge in [-0.1, -0.05) is 29.5 Å². The van der Waals surface area contributed by atoms with E-state index in [0.717, 1.165) is 22.6 Å². The zero-order chi connectivity index (χ0) is 15.9. The molecule has 0 aliphatic rings. The zero-order valence-electron chi connectivity index (χ0n) is 13.2. The van der Waals surface area contributed by atoms with E-state index in [2.05, 4.69) is 42.8 Å². The number of nitrogens with zero attached hydrogens (tertiary/aromatic N) is 1. The predicted octanol–water partition coefficient (Wildman–Crippen LogP) is 4.59. The first-order valence-corrected chi connectivity index (χ1v) is 7.21. The van der Waals surface area contributed by atoms with Crippen LogP contribution in [0.15, 0.2) is 59.6 Å². The van der Waals surface area contributed by atoms with Crippen LogP contribution in [0.3, 0.4) is 0 Å². The van der Waals surface area contributed by atoms with Gasteiger partial charge >= 0.3 is 0 Å². The third-order valence-corrected chi connectivity index (χ3v) is 3.18. The molecule has 0 aliphatic heterocycles. The van der Waals surface area contributed by atoms with E-state index in [1.807, 2.05) is 49.4 Å². The van der Waals surface area contributed by atoms with Crippen molar-refractivity contribution in [1.82, 2.24) is 0 Å². The molecular formula is C20H20N2. The van der Waals surface area contributed by atoms with Gasteiger partial charge in [-0.15, -0.1) is 0 Å². The molecule has 0 heterocycles. The topological polar surface area (TPSA) is 38.4 Å². The molecule has 0 aliphatic carbocycles. The monoisotopic (exact) mass is 288 g/mol. The smallest absolute Gasteiger partial charge is 0.0662 e. The van der Waals surface area contributed by atoms with Gasteiger partial charge in [-0.3, -0.25) is 4.99 Å². The van der Waals surface area contributed by atoms with Crippen molar-refractivity contribution in [2.24, 2.45) is 4.99 Å². The van der Waals surface area contributed by atoms with Crippen LogP contribution in [-0.4, -0.2) is 5.71 Å². The van der Waals surface area contributed by atoms with Gasteiger partial charge in [0.05, 0.1) is 5.69 Å². The molecule has 22 heavy (non-hydrogen) atoms. The summed E-state index contributed by atoms with van der Waals surface area (Å²) in [6.07, 6.45) is 3.74. The summed E-state index contributed by atoms with van der Waals surface area (Å²) in [5, 5.41) is 0. The SMILES string of the molecule is CC(/C=C/C#Cc1ccc(N)cc1)=N\c1ccc(C)cc1C. The molecule has 2 rings (SSSR count). The van der Waals surface area contributed by atoms with E-state index in [4.69, 9.17) is 5.73 Å². The Balaban J connectivity index is 2.06. The second kappa shape index (κ2) is 7.28. The fourth-order valence-corrected chi connectivity index (χ4v) is 2.01. The van der Waals surface area contributed by atoms with Crippen LogP contribution in [0.25, 0.3) is 0 Å². The number of anilines is 1. The van der Waals surface area contributed by atoms with Gasteiger partial charge < -0.3 is 5.73 Å². The number of hydrogen-bond donors (Lipinski definition) is 1. The number of allylic oxidation sites excluding steroid dienone is 2. The Morgan fingerprint density at radius 2 is 1.82 bits per heavy atom. The average molecular weight is 288 g/mol. The maximum absolute atomic E-state index is 5.64. The van der Waals surface area contributed by atoms with Gasteiger partial charge in [0.2, 0.25) is 0 Å². The van der Waals surface area contributed by atoms with E-state index in [0.29, 0.717) is 0 Å². The lowest BCUT2D eigenvalue weighted by molar-refractivity contribution is 1.34. The summed E-state index contributed by atoms with van der Waals surface area (Å²) < 4.78 is 0. The van der Waals surface area contributed by atoms with Crippen molar-refractivity contribution < 1.29 is 0 Å². The van der Waals surface area contributed by atoms with Crippen LogP contribution in [0, 0.1) is 25.7 Å². The Labute approximate surface area is 132 Å². The molecule has 2 N–H and O–H groups in total. The molecule has 0 spiro atoms. The molecule has 0 amide bonds. The summed E-state index contributed by atoms with van der Waals surface area (Å²) in [4.78, 5) is 4.60. The zero-order valence-corrected chi connectivity index (χ0v) is 13.2. The Hall–Kier alpha value is -2.79. The Morgan fingerprint density at radius 3 is 2.50 bits per heavy atom. The highest BCUT2D eigenvalue weighted by molar-refractivity contribution is 5.95. The number of rotatable bonds is 2. The lowest BCUT2D eigenvalue weighted by Crippen LogP contribution is -1.85. The van der Waals surface area contributed by atoms with Gasteiger partial charge in [-0.05, 0) is 68.8 Å². The van der Waals surface area contributed by atoms with Crippen molar-refractivity contribution in [3.63, 3.8) is 0 Å². The Kier molecular flexibility index (Phi) is 5.16. The van der Waals surface area contributed by atoms with Gasteiger partial charge in [-0.2, -0.15) is 0 Å². The van der Waals surface area contributed by atoms with E-state index >= 15 is 0 Å². The number of hydrogen-bond acceptors (Lipinski definition) is 2. The van der Waals surface area contributed by atoms with Crippen LogP contribution in [0.4, 0.5) is 11.4 Å². The molecule has 2 nitrogen and oxygen atoms in total. The first kappa shape index (κ1) is 15.6. The van der Waals surface area contributed by atoms with Crippen LogP contribution in [0.5, 0.6) is 0 Å². The standard InChI is InChI=1S/C20H20N2/c1-15-8-13-20(16(2)14-15)22-17(3)6-4-5-7-18-9-11-19(21)12-10-18/h4,6,8-14H,21H2,1-3H3/b6-4+,22-17+. The minimum atomic E-state index is 0.748. The van der Waals surface area contributed by atoms with Crippen molar-refractivity contribution in [2.45, 2.75) is 20.8 Å². The van der Waals surface area contributed by atoms with Crippen LogP contribution < -0.4 is 5.73 Å². The first-order chi connectivity index (χ1) is 10.5. The Bertz CT molecular complexity index is 770. The molecule has 0 aromatic heterocycles. The van der Waals surface area contributed by atoms with Crippen molar-refractivity contribution in [3.05, 3.63) is 71.3 Å². The highest BCUT2D eigenvalue weighted by atomic mass is 14.7. The number of nitrogen functional groups attached to an aromatic ring is 1. The van der Waals surface area contributed by atoms with Crippen LogP contribution in [0.1, 0.15) is 23.6 Å². The average Bonchev–Trinajstić information content (AvgIpc) is 2.48. The van der Waals surface area contributed by atoms with Gasteiger partial charge in [0.1, 0.15) is 0 Å².